The Morgan fingerprint density at radius 2 is 1.70 bits per heavy atom. The molecular weight excluding hydrogens is 955 g/mol. The van der Waals surface area contributed by atoms with Gasteiger partial charge in [-0.1, -0.05) is 49.4 Å². The molecule has 0 spiro atoms. The number of carbonyl (C=O) groups is 4. The first-order valence-electron chi connectivity index (χ1n) is 25.7. The Labute approximate surface area is 432 Å². The van der Waals surface area contributed by atoms with E-state index in [1.807, 2.05) is 57.3 Å². The van der Waals surface area contributed by atoms with Crippen LogP contribution in [0, 0.1) is 17.8 Å². The maximum Gasteiger partial charge on any atom is 0.412 e. The van der Waals surface area contributed by atoms with Gasteiger partial charge >= 0.3 is 18.2 Å². The Bertz CT molecular complexity index is 2520. The normalized spacial score (nSPS) is 30.4. The van der Waals surface area contributed by atoms with Crippen molar-refractivity contribution in [1.82, 2.24) is 45.2 Å². The molecule has 2 unspecified atom stereocenters. The molecule has 5 N–H and O–H groups in total. The van der Waals surface area contributed by atoms with Crippen LogP contribution in [0.4, 0.5) is 15.3 Å². The predicted octanol–water partition coefficient (Wildman–Crippen LogP) is 5.39. The molecule has 2 amide bonds. The number of cyclic esters (lactones) is 1. The summed E-state index contributed by atoms with van der Waals surface area (Å²) < 4.78 is 40.4. The molecule has 0 aliphatic carbocycles. The number of fused-ring (bicyclic) bond motifs is 1. The first kappa shape index (κ1) is 55.8. The van der Waals surface area contributed by atoms with Crippen LogP contribution < -0.4 is 16.4 Å². The van der Waals surface area contributed by atoms with E-state index >= 15 is 0 Å². The topological polar surface area (TPSA) is 272 Å². The number of hydrogen-bond acceptors (Lipinski definition) is 18. The molecule has 7 rings (SSSR count). The number of nitrogens with one attached hydrogen (secondary N) is 2. The molecule has 4 aromatic rings. The molecule has 6 heterocycles. The number of anilines is 1. The van der Waals surface area contributed by atoms with Crippen molar-refractivity contribution in [3.05, 3.63) is 61.1 Å². The summed E-state index contributed by atoms with van der Waals surface area (Å²) in [6, 6.07) is 11.2. The zero-order valence-electron chi connectivity index (χ0n) is 44.3. The largest absolute Gasteiger partial charge is 0.458 e. The summed E-state index contributed by atoms with van der Waals surface area (Å²) in [5, 5.41) is 35.1. The van der Waals surface area contributed by atoms with Crippen LogP contribution in [0.3, 0.4) is 0 Å². The number of unbranched alkanes of at least 4 members (excludes halogenated alkanes) is 1. The number of pyridine rings is 1. The molecule has 22 heteroatoms. The molecule has 3 aromatic heterocycles. The minimum Gasteiger partial charge on any atom is -0.458 e. The van der Waals surface area contributed by atoms with Crippen molar-refractivity contribution >= 4 is 29.6 Å². The van der Waals surface area contributed by atoms with Gasteiger partial charge in [0.2, 0.25) is 0 Å². The van der Waals surface area contributed by atoms with Crippen LogP contribution in [0.1, 0.15) is 94.4 Å². The standard InChI is InChI=1S/C52H75N11O11/c1-11-41-45-42(63(50(68)72-45)22-15-14-21-61-28-39(57-59-61)34-17-16-18-35(23-34)56-49(67)74-51(6,7)8)33(5)55-26-30(2)25-52(9,69-10)46(31(3)43(64)32(4)47(66)71-41)73-48-44(65)37(53)24-36(70-48)27-62-29-40(58-60-62)38-19-12-13-20-54-38/h12-13,16-20,23,28-33,36-37,41-42,44-46,48,55,65H,11,14-15,21-22,24-27,53H2,1-10H3,(H,56,67)/t30-,31+,32-,33-,36+,37?,41-,42-,44?,45-,46-,48+,52-/m1/s1. The Hall–Kier alpha value is -5.91. The van der Waals surface area contributed by atoms with Gasteiger partial charge in [0.25, 0.3) is 0 Å². The van der Waals surface area contributed by atoms with Gasteiger partial charge in [-0.05, 0) is 110 Å². The van der Waals surface area contributed by atoms with Gasteiger partial charge in [0, 0.05) is 55.6 Å². The van der Waals surface area contributed by atoms with E-state index in [-0.39, 0.29) is 24.9 Å². The van der Waals surface area contributed by atoms with Gasteiger partial charge in [-0.2, -0.15) is 0 Å². The molecule has 0 radical (unpaired) electrons. The summed E-state index contributed by atoms with van der Waals surface area (Å²) in [5.41, 5.74) is 7.93. The number of ether oxygens (including phenoxy) is 6. The van der Waals surface area contributed by atoms with Crippen molar-refractivity contribution in [3.8, 4) is 22.6 Å². The summed E-state index contributed by atoms with van der Waals surface area (Å²) in [6.07, 6.45) is 0.594. The summed E-state index contributed by atoms with van der Waals surface area (Å²) in [6.45, 7) is 17.9. The minimum atomic E-state index is -1.27. The van der Waals surface area contributed by atoms with E-state index in [1.54, 1.807) is 73.6 Å². The molecule has 22 nitrogen and oxygen atoms in total. The summed E-state index contributed by atoms with van der Waals surface area (Å²) in [4.78, 5) is 60.9. The molecule has 1 aromatic carbocycles. The molecular formula is C52H75N11O11. The lowest BCUT2D eigenvalue weighted by atomic mass is 9.78. The number of aryl methyl sites for hydroxylation is 1. The lowest BCUT2D eigenvalue weighted by Crippen LogP contribution is -2.59. The highest BCUT2D eigenvalue weighted by Crippen LogP contribution is 2.37. The van der Waals surface area contributed by atoms with Crippen molar-refractivity contribution in [2.75, 3.05) is 25.5 Å². The SMILES string of the molecule is CC[C@H]1OC(=O)[C@H](C)C(=O)[C@H](C)[C@@H](O[C@@H]2O[C@H](Cn3cc(-c4ccccn4)nn3)CC(N)C2O)[C@](C)(OC)C[C@@H](C)CN[C@H](C)[C@@H]2[C@@H]1OC(=O)N2CCCCn1cc(-c2cccc(NC(=O)OC(C)(C)C)c2)nn1. The zero-order valence-corrected chi connectivity index (χ0v) is 44.3. The Kier molecular flexibility index (Phi) is 18.2. The van der Waals surface area contributed by atoms with Crippen LogP contribution in [-0.4, -0.2) is 155 Å². The fourth-order valence-electron chi connectivity index (χ4n) is 10.2. The number of ketones is 1. The number of nitrogens with two attached hydrogens (primary N) is 1. The molecule has 404 valence electrons. The maximum absolute atomic E-state index is 14.6. The van der Waals surface area contributed by atoms with Gasteiger partial charge in [-0.15, -0.1) is 10.2 Å². The Balaban J connectivity index is 1.03. The van der Waals surface area contributed by atoms with Gasteiger partial charge in [-0.25, -0.2) is 14.3 Å². The van der Waals surface area contributed by atoms with E-state index in [1.165, 1.54) is 6.92 Å². The number of aliphatic hydroxyl groups excluding tert-OH is 1. The lowest BCUT2D eigenvalue weighted by Gasteiger charge is -2.45. The van der Waals surface area contributed by atoms with Crippen LogP contribution >= 0.6 is 0 Å². The number of amides is 2. The van der Waals surface area contributed by atoms with Gasteiger partial charge in [0.05, 0.1) is 48.5 Å². The number of Topliss-reactive ketones (excluding diaryl/α,β-unsaturated/α-hetero) is 1. The highest BCUT2D eigenvalue weighted by molar-refractivity contribution is 6.00. The lowest BCUT2D eigenvalue weighted by molar-refractivity contribution is -0.292. The molecule has 3 fully saturated rings. The first-order valence-corrected chi connectivity index (χ1v) is 25.7. The number of rotatable bonds is 14. The minimum absolute atomic E-state index is 0.0905. The number of hydrogen-bond donors (Lipinski definition) is 4. The van der Waals surface area contributed by atoms with Crippen LogP contribution in [0.15, 0.2) is 61.1 Å². The average Bonchev–Trinajstić information content (AvgIpc) is 4.12. The van der Waals surface area contributed by atoms with Gasteiger partial charge in [-0.3, -0.25) is 29.5 Å². The van der Waals surface area contributed by atoms with E-state index in [0.29, 0.717) is 68.1 Å². The number of methoxy groups -OCH3 is 1. The molecule has 3 saturated heterocycles. The van der Waals surface area contributed by atoms with Crippen LogP contribution in [-0.2, 0) is 51.1 Å². The van der Waals surface area contributed by atoms with E-state index in [2.05, 4.69) is 43.2 Å². The second kappa shape index (κ2) is 24.2. The van der Waals surface area contributed by atoms with E-state index in [9.17, 15) is 24.3 Å². The number of esters is 1. The molecule has 0 bridgehead atoms. The van der Waals surface area contributed by atoms with E-state index in [0.717, 1.165) is 5.56 Å². The monoisotopic (exact) mass is 1030 g/mol. The number of carbonyl (C=O) groups excluding carboxylic acids is 4. The average molecular weight is 1030 g/mol. The number of benzene rings is 1. The summed E-state index contributed by atoms with van der Waals surface area (Å²) >= 11 is 0. The number of nitrogens with zero attached hydrogens (tertiary/aromatic N) is 8. The van der Waals surface area contributed by atoms with Crippen LogP contribution in [0.25, 0.3) is 22.6 Å². The maximum atomic E-state index is 14.6. The molecule has 13 atom stereocenters. The summed E-state index contributed by atoms with van der Waals surface area (Å²) in [5.74, 6) is -3.54. The van der Waals surface area contributed by atoms with E-state index < -0.39 is 95.9 Å². The fraction of sp³-hybridized carbons (Fsp3) is 0.635. The van der Waals surface area contributed by atoms with Crippen molar-refractivity contribution in [3.63, 3.8) is 0 Å². The smallest absolute Gasteiger partial charge is 0.412 e. The van der Waals surface area contributed by atoms with Crippen molar-refractivity contribution < 1.29 is 52.7 Å². The molecule has 0 saturated carbocycles. The third-order valence-corrected chi connectivity index (χ3v) is 14.1. The zero-order chi connectivity index (χ0) is 53.5. The van der Waals surface area contributed by atoms with Crippen LogP contribution in [0.5, 0.6) is 0 Å². The molecule has 3 aliphatic heterocycles. The third-order valence-electron chi connectivity index (χ3n) is 14.1. The third kappa shape index (κ3) is 13.7. The summed E-state index contributed by atoms with van der Waals surface area (Å²) in [7, 11) is 1.54. The van der Waals surface area contributed by atoms with Crippen molar-refractivity contribution in [1.29, 1.82) is 0 Å². The second-order valence-electron chi connectivity index (χ2n) is 21.2. The quantitative estimate of drug-likeness (QED) is 0.0533. The number of aromatic nitrogens is 7. The fourth-order valence-corrected chi connectivity index (χ4v) is 10.2. The highest BCUT2D eigenvalue weighted by atomic mass is 16.7. The predicted molar refractivity (Wildman–Crippen MR) is 271 cm³/mol. The van der Waals surface area contributed by atoms with Gasteiger partial charge < -0.3 is 44.6 Å². The highest BCUT2D eigenvalue weighted by Gasteiger charge is 2.52. The Morgan fingerprint density at radius 1 is 0.973 bits per heavy atom. The number of aliphatic hydroxyl groups is 1. The van der Waals surface area contributed by atoms with Gasteiger partial charge in [0.15, 0.2) is 18.2 Å². The second-order valence-corrected chi connectivity index (χ2v) is 21.2. The van der Waals surface area contributed by atoms with Crippen molar-refractivity contribution in [2.24, 2.45) is 23.5 Å². The van der Waals surface area contributed by atoms with E-state index in [4.69, 9.17) is 34.2 Å². The van der Waals surface area contributed by atoms with Crippen LogP contribution in [0.2, 0.25) is 0 Å². The van der Waals surface area contributed by atoms with Gasteiger partial charge in [0.1, 0.15) is 35.1 Å². The first-order chi connectivity index (χ1) is 35.2. The molecule has 3 aliphatic rings. The Morgan fingerprint density at radius 3 is 2.42 bits per heavy atom. The van der Waals surface area contributed by atoms with Crippen molar-refractivity contribution in [2.45, 2.75) is 174 Å². The molecule has 74 heavy (non-hydrogen) atoms.